The molecule has 0 unspecified atom stereocenters. The van der Waals surface area contributed by atoms with Crippen LogP contribution in [-0.2, 0) is 0 Å². The zero-order valence-electron chi connectivity index (χ0n) is 18.1. The molecular weight excluding hydrogens is 447 g/mol. The SMILES string of the molecule is Cc1cc([C@@H]2[C@@H](c3ccccn3)NC(=S)N2CC(C)C)c(C)n1-c1cccc(Cl)c1Cl. The third kappa shape index (κ3) is 4.07. The fraction of sp³-hybridized carbons (Fsp3) is 0.333. The van der Waals surface area contributed by atoms with Gasteiger partial charge in [0.25, 0.3) is 0 Å². The van der Waals surface area contributed by atoms with Gasteiger partial charge in [-0.25, -0.2) is 0 Å². The number of aryl methyl sites for hydroxylation is 1. The molecule has 2 atom stereocenters. The van der Waals surface area contributed by atoms with E-state index in [0.717, 1.165) is 34.4 Å². The van der Waals surface area contributed by atoms with Crippen LogP contribution in [0.3, 0.4) is 0 Å². The Morgan fingerprint density at radius 3 is 2.58 bits per heavy atom. The number of thiocarbonyl (C=S) groups is 1. The zero-order valence-corrected chi connectivity index (χ0v) is 20.4. The Kier molecular flexibility index (Phi) is 6.29. The lowest BCUT2D eigenvalue weighted by atomic mass is 9.96. The monoisotopic (exact) mass is 472 g/mol. The van der Waals surface area contributed by atoms with Crippen molar-refractivity contribution in [3.8, 4) is 5.69 Å². The summed E-state index contributed by atoms with van der Waals surface area (Å²) in [7, 11) is 0. The molecular formula is C24H26Cl2N4S. The van der Waals surface area contributed by atoms with Crippen LogP contribution in [0.25, 0.3) is 5.69 Å². The van der Waals surface area contributed by atoms with E-state index in [-0.39, 0.29) is 12.1 Å². The van der Waals surface area contributed by atoms with E-state index in [2.05, 4.69) is 59.6 Å². The van der Waals surface area contributed by atoms with Gasteiger partial charge in [-0.3, -0.25) is 4.98 Å². The standard InChI is InChI=1S/C24H26Cl2N4S/c1-14(2)13-29-23(22(28-24(29)31)19-9-5-6-11-27-19)17-12-15(3)30(16(17)4)20-10-7-8-18(25)21(20)26/h5-12,14,22-23H,13H2,1-4H3,(H,28,31)/t22-,23-/m1/s1. The minimum atomic E-state index is -0.0313. The number of nitrogens with one attached hydrogen (secondary N) is 1. The highest BCUT2D eigenvalue weighted by molar-refractivity contribution is 7.80. The first-order valence-electron chi connectivity index (χ1n) is 10.4. The Morgan fingerprint density at radius 1 is 1.13 bits per heavy atom. The Morgan fingerprint density at radius 2 is 1.90 bits per heavy atom. The molecule has 7 heteroatoms. The minimum absolute atomic E-state index is 0.0303. The number of aromatic nitrogens is 2. The molecule has 1 aliphatic rings. The summed E-state index contributed by atoms with van der Waals surface area (Å²) in [6.45, 7) is 9.51. The van der Waals surface area contributed by atoms with E-state index >= 15 is 0 Å². The lowest BCUT2D eigenvalue weighted by Gasteiger charge is -2.29. The predicted octanol–water partition coefficient (Wildman–Crippen LogP) is 6.42. The van der Waals surface area contributed by atoms with Crippen molar-refractivity contribution in [1.29, 1.82) is 0 Å². The third-order valence-corrected chi connectivity index (χ3v) is 6.88. The van der Waals surface area contributed by atoms with Crippen LogP contribution in [0.5, 0.6) is 0 Å². The molecule has 162 valence electrons. The lowest BCUT2D eigenvalue weighted by Crippen LogP contribution is -2.33. The van der Waals surface area contributed by atoms with Crippen molar-refractivity contribution in [1.82, 2.24) is 19.8 Å². The number of halogens is 2. The predicted molar refractivity (Wildman–Crippen MR) is 132 cm³/mol. The molecule has 0 bridgehead atoms. The van der Waals surface area contributed by atoms with E-state index in [1.807, 2.05) is 36.5 Å². The highest BCUT2D eigenvalue weighted by Crippen LogP contribution is 2.42. The Balaban J connectivity index is 1.86. The summed E-state index contributed by atoms with van der Waals surface area (Å²) in [5, 5.41) is 5.39. The van der Waals surface area contributed by atoms with E-state index in [9.17, 15) is 0 Å². The van der Waals surface area contributed by atoms with Crippen molar-refractivity contribution < 1.29 is 0 Å². The maximum Gasteiger partial charge on any atom is 0.170 e. The first kappa shape index (κ1) is 22.1. The smallest absolute Gasteiger partial charge is 0.170 e. The molecule has 0 amide bonds. The van der Waals surface area contributed by atoms with Gasteiger partial charge in [-0.2, -0.15) is 0 Å². The van der Waals surface area contributed by atoms with Crippen LogP contribution in [0.15, 0.2) is 48.7 Å². The number of hydrogen-bond donors (Lipinski definition) is 1. The third-order valence-electron chi connectivity index (χ3n) is 5.72. The van der Waals surface area contributed by atoms with Gasteiger partial charge in [0.15, 0.2) is 5.11 Å². The summed E-state index contributed by atoms with van der Waals surface area (Å²) in [6.07, 6.45) is 1.83. The quantitative estimate of drug-likeness (QED) is 0.434. The van der Waals surface area contributed by atoms with Gasteiger partial charge in [-0.05, 0) is 67.9 Å². The highest BCUT2D eigenvalue weighted by atomic mass is 35.5. The second-order valence-electron chi connectivity index (χ2n) is 8.41. The molecule has 1 N–H and O–H groups in total. The number of hydrogen-bond acceptors (Lipinski definition) is 2. The normalized spacial score (nSPS) is 18.7. The fourth-order valence-corrected chi connectivity index (χ4v) is 5.15. The molecule has 3 aromatic rings. The number of pyridine rings is 1. The van der Waals surface area contributed by atoms with Crippen molar-refractivity contribution in [3.63, 3.8) is 0 Å². The van der Waals surface area contributed by atoms with Crippen molar-refractivity contribution in [2.45, 2.75) is 39.8 Å². The number of nitrogens with zero attached hydrogens (tertiary/aromatic N) is 3. The van der Waals surface area contributed by atoms with Crippen molar-refractivity contribution in [2.75, 3.05) is 6.54 Å². The maximum atomic E-state index is 6.58. The van der Waals surface area contributed by atoms with Crippen LogP contribution in [0, 0.1) is 19.8 Å². The Labute approximate surface area is 199 Å². The van der Waals surface area contributed by atoms with Crippen molar-refractivity contribution in [2.24, 2.45) is 5.92 Å². The summed E-state index contributed by atoms with van der Waals surface area (Å²) >= 11 is 18.7. The molecule has 0 radical (unpaired) electrons. The van der Waals surface area contributed by atoms with Gasteiger partial charge in [-0.1, -0.05) is 49.2 Å². The number of benzene rings is 1. The van der Waals surface area contributed by atoms with Crippen molar-refractivity contribution >= 4 is 40.5 Å². The molecule has 31 heavy (non-hydrogen) atoms. The topological polar surface area (TPSA) is 33.1 Å². The summed E-state index contributed by atoms with van der Waals surface area (Å²) < 4.78 is 2.17. The molecule has 1 saturated heterocycles. The summed E-state index contributed by atoms with van der Waals surface area (Å²) in [5.74, 6) is 0.468. The Bertz CT molecular complexity index is 1110. The second kappa shape index (κ2) is 8.81. The van der Waals surface area contributed by atoms with Crippen LogP contribution >= 0.6 is 35.4 Å². The van der Waals surface area contributed by atoms with Gasteiger partial charge in [0.2, 0.25) is 0 Å². The molecule has 0 saturated carbocycles. The van der Waals surface area contributed by atoms with Crippen LogP contribution in [0.2, 0.25) is 10.0 Å². The minimum Gasteiger partial charge on any atom is -0.352 e. The largest absolute Gasteiger partial charge is 0.352 e. The summed E-state index contributed by atoms with van der Waals surface area (Å²) in [6, 6.07) is 14.0. The lowest BCUT2D eigenvalue weighted by molar-refractivity contribution is 0.287. The average Bonchev–Trinajstić information content (AvgIpc) is 3.20. The first-order valence-corrected chi connectivity index (χ1v) is 11.6. The maximum absolute atomic E-state index is 6.58. The Hall–Kier alpha value is -2.08. The highest BCUT2D eigenvalue weighted by Gasteiger charge is 2.41. The van der Waals surface area contributed by atoms with Gasteiger partial charge in [0.05, 0.1) is 33.5 Å². The summed E-state index contributed by atoms with van der Waals surface area (Å²) in [4.78, 5) is 6.93. The first-order chi connectivity index (χ1) is 14.8. The van der Waals surface area contributed by atoms with Gasteiger partial charge < -0.3 is 14.8 Å². The van der Waals surface area contributed by atoms with E-state index in [1.165, 1.54) is 5.56 Å². The molecule has 1 aliphatic heterocycles. The van der Waals surface area contributed by atoms with E-state index < -0.39 is 0 Å². The molecule has 4 rings (SSSR count). The van der Waals surface area contributed by atoms with Crippen LogP contribution in [0.4, 0.5) is 0 Å². The van der Waals surface area contributed by atoms with Crippen LogP contribution in [0.1, 0.15) is 48.6 Å². The zero-order chi connectivity index (χ0) is 22.3. The molecule has 1 fully saturated rings. The van der Waals surface area contributed by atoms with Crippen molar-refractivity contribution in [3.05, 3.63) is 81.4 Å². The van der Waals surface area contributed by atoms with E-state index in [1.54, 1.807) is 0 Å². The van der Waals surface area contributed by atoms with Crippen LogP contribution in [-0.4, -0.2) is 26.1 Å². The van der Waals surface area contributed by atoms with E-state index in [0.29, 0.717) is 16.0 Å². The second-order valence-corrected chi connectivity index (χ2v) is 9.58. The van der Waals surface area contributed by atoms with Gasteiger partial charge in [-0.15, -0.1) is 0 Å². The van der Waals surface area contributed by atoms with Gasteiger partial charge >= 0.3 is 0 Å². The van der Waals surface area contributed by atoms with Gasteiger partial charge in [0.1, 0.15) is 0 Å². The average molecular weight is 473 g/mol. The molecule has 1 aromatic carbocycles. The molecule has 3 heterocycles. The molecule has 0 spiro atoms. The molecule has 0 aliphatic carbocycles. The molecule has 4 nitrogen and oxygen atoms in total. The number of rotatable bonds is 5. The van der Waals surface area contributed by atoms with Gasteiger partial charge in [0, 0.05) is 24.1 Å². The summed E-state index contributed by atoms with van der Waals surface area (Å²) in [5.41, 5.74) is 5.28. The molecule has 2 aromatic heterocycles. The van der Waals surface area contributed by atoms with Crippen LogP contribution < -0.4 is 5.32 Å². The fourth-order valence-electron chi connectivity index (χ4n) is 4.46. The van der Waals surface area contributed by atoms with E-state index in [4.69, 9.17) is 35.4 Å².